The molecule has 1 aromatic carbocycles. The summed E-state index contributed by atoms with van der Waals surface area (Å²) in [7, 11) is 0. The Morgan fingerprint density at radius 2 is 2.13 bits per heavy atom. The fourth-order valence-corrected chi connectivity index (χ4v) is 2.76. The van der Waals surface area contributed by atoms with E-state index in [0.29, 0.717) is 16.5 Å². The van der Waals surface area contributed by atoms with Crippen molar-refractivity contribution in [1.82, 2.24) is 0 Å². The Balaban J connectivity index is 3.36. The molecule has 6 heteroatoms. The van der Waals surface area contributed by atoms with Crippen LogP contribution in [0, 0.1) is 6.92 Å². The lowest BCUT2D eigenvalue weighted by atomic mass is 10.2. The average Bonchev–Trinajstić information content (AvgIpc) is 2.21. The molecule has 0 aliphatic carbocycles. The Hall–Kier alpha value is 0.230. The minimum atomic E-state index is 0.195. The molecular weight excluding hydrogens is 367 g/mol. The van der Waals surface area contributed by atoms with Gasteiger partial charge in [-0.25, -0.2) is 4.99 Å². The minimum absolute atomic E-state index is 0.195. The van der Waals surface area contributed by atoms with Crippen LogP contribution in [-0.2, 0) is 0 Å². The molecule has 0 bridgehead atoms. The minimum Gasteiger partial charge on any atom is -0.386 e. The molecule has 0 fully saturated rings. The quantitative estimate of drug-likeness (QED) is 0.465. The van der Waals surface area contributed by atoms with E-state index in [1.807, 2.05) is 6.92 Å². The summed E-state index contributed by atoms with van der Waals surface area (Å²) in [6.07, 6.45) is 0. The summed E-state index contributed by atoms with van der Waals surface area (Å²) in [6, 6.07) is 1.78. The van der Waals surface area contributed by atoms with Crippen LogP contribution in [0.3, 0.4) is 0 Å². The number of hydrogen-bond acceptors (Lipinski definition) is 1. The van der Waals surface area contributed by atoms with E-state index in [-0.39, 0.29) is 5.88 Å². The third-order valence-corrected chi connectivity index (χ3v) is 4.01. The molecule has 2 nitrogen and oxygen atoms in total. The van der Waals surface area contributed by atoms with Crippen molar-refractivity contribution >= 4 is 66.6 Å². The van der Waals surface area contributed by atoms with Crippen molar-refractivity contribution in [2.45, 2.75) is 6.92 Å². The van der Waals surface area contributed by atoms with E-state index in [0.717, 1.165) is 14.5 Å². The van der Waals surface area contributed by atoms with Crippen molar-refractivity contribution in [3.8, 4) is 0 Å². The average molecular weight is 375 g/mol. The molecule has 2 N–H and O–H groups in total. The third-order valence-electron chi connectivity index (χ3n) is 1.77. The molecule has 0 radical (unpaired) electrons. The van der Waals surface area contributed by atoms with Gasteiger partial charge in [0.2, 0.25) is 0 Å². The number of aliphatic imine (C=N–C) groups is 1. The van der Waals surface area contributed by atoms with Gasteiger partial charge in [-0.05, 0) is 50.4 Å². The molecule has 0 saturated carbocycles. The van der Waals surface area contributed by atoms with Crippen LogP contribution in [0.15, 0.2) is 20.0 Å². The zero-order valence-electron chi connectivity index (χ0n) is 7.82. The number of amidine groups is 1. The van der Waals surface area contributed by atoms with E-state index in [4.69, 9.17) is 28.9 Å². The van der Waals surface area contributed by atoms with E-state index in [1.165, 1.54) is 0 Å². The van der Waals surface area contributed by atoms with Crippen LogP contribution in [0.2, 0.25) is 5.02 Å². The van der Waals surface area contributed by atoms with Gasteiger partial charge < -0.3 is 5.73 Å². The summed E-state index contributed by atoms with van der Waals surface area (Å²) in [6.45, 7) is 1.90. The standard InChI is InChI=1S/C9H8Br2Cl2N2/c1-4-6(13)2-5(10)9(8(4)11)15-7(14)3-12/h2H,3H2,1H3,(H2,14,15). The van der Waals surface area contributed by atoms with Gasteiger partial charge in [-0.15, -0.1) is 11.6 Å². The van der Waals surface area contributed by atoms with Crippen LogP contribution < -0.4 is 5.73 Å². The summed E-state index contributed by atoms with van der Waals surface area (Å²) in [5, 5.41) is 0.664. The second kappa shape index (κ2) is 5.53. The molecular formula is C9H8Br2Cl2N2. The van der Waals surface area contributed by atoms with E-state index in [1.54, 1.807) is 6.07 Å². The number of benzene rings is 1. The molecule has 0 aromatic heterocycles. The first-order chi connectivity index (χ1) is 6.97. The first-order valence-electron chi connectivity index (χ1n) is 4.00. The Labute approximate surface area is 115 Å². The van der Waals surface area contributed by atoms with E-state index < -0.39 is 0 Å². The SMILES string of the molecule is Cc1c(Cl)cc(Br)c(N=C(N)CCl)c1Br. The third kappa shape index (κ3) is 3.09. The van der Waals surface area contributed by atoms with Gasteiger partial charge in [-0.2, -0.15) is 0 Å². The number of rotatable bonds is 2. The van der Waals surface area contributed by atoms with Crippen LogP contribution >= 0.6 is 55.1 Å². The number of hydrogen-bond donors (Lipinski definition) is 1. The molecule has 1 rings (SSSR count). The van der Waals surface area contributed by atoms with Gasteiger partial charge in [0.25, 0.3) is 0 Å². The number of alkyl halides is 1. The molecule has 1 aromatic rings. The van der Waals surface area contributed by atoms with E-state index >= 15 is 0 Å². The number of halogens is 4. The molecule has 0 amide bonds. The van der Waals surface area contributed by atoms with Crippen LogP contribution in [0.1, 0.15) is 5.56 Å². The van der Waals surface area contributed by atoms with E-state index in [2.05, 4.69) is 36.9 Å². The molecule has 0 saturated heterocycles. The maximum Gasteiger partial charge on any atom is 0.115 e. The predicted octanol–water partition coefficient (Wildman–Crippen LogP) is 4.40. The smallest absolute Gasteiger partial charge is 0.115 e. The van der Waals surface area contributed by atoms with Crippen molar-refractivity contribution in [3.63, 3.8) is 0 Å². The number of nitrogens with zero attached hydrogens (tertiary/aromatic N) is 1. The lowest BCUT2D eigenvalue weighted by Crippen LogP contribution is -2.12. The topological polar surface area (TPSA) is 38.4 Å². The molecule has 0 heterocycles. The number of nitrogens with two attached hydrogens (primary N) is 1. The highest BCUT2D eigenvalue weighted by Gasteiger charge is 2.11. The van der Waals surface area contributed by atoms with Crippen molar-refractivity contribution < 1.29 is 0 Å². The Morgan fingerprint density at radius 1 is 1.53 bits per heavy atom. The van der Waals surface area contributed by atoms with Gasteiger partial charge in [0, 0.05) is 14.0 Å². The van der Waals surface area contributed by atoms with Gasteiger partial charge in [0.15, 0.2) is 0 Å². The summed E-state index contributed by atoms with van der Waals surface area (Å²) < 4.78 is 1.59. The maximum atomic E-state index is 6.00. The summed E-state index contributed by atoms with van der Waals surface area (Å²) in [4.78, 5) is 4.19. The Kier molecular flexibility index (Phi) is 4.90. The lowest BCUT2D eigenvalue weighted by molar-refractivity contribution is 1.35. The molecule has 0 spiro atoms. The monoisotopic (exact) mass is 372 g/mol. The fourth-order valence-electron chi connectivity index (χ4n) is 0.951. The van der Waals surface area contributed by atoms with Gasteiger partial charge in [-0.3, -0.25) is 0 Å². The van der Waals surface area contributed by atoms with Gasteiger partial charge >= 0.3 is 0 Å². The normalized spacial score (nSPS) is 11.9. The van der Waals surface area contributed by atoms with Crippen LogP contribution in [-0.4, -0.2) is 11.7 Å². The molecule has 82 valence electrons. The van der Waals surface area contributed by atoms with Gasteiger partial charge in [0.1, 0.15) is 5.84 Å². The highest BCUT2D eigenvalue weighted by atomic mass is 79.9. The predicted molar refractivity (Wildman–Crippen MR) is 73.6 cm³/mol. The summed E-state index contributed by atoms with van der Waals surface area (Å²) in [5.41, 5.74) is 7.20. The zero-order chi connectivity index (χ0) is 11.6. The van der Waals surface area contributed by atoms with Crippen LogP contribution in [0.4, 0.5) is 5.69 Å². The molecule has 0 aliphatic heterocycles. The van der Waals surface area contributed by atoms with E-state index in [9.17, 15) is 0 Å². The van der Waals surface area contributed by atoms with Gasteiger partial charge in [-0.1, -0.05) is 11.6 Å². The molecule has 0 aliphatic rings. The summed E-state index contributed by atoms with van der Waals surface area (Å²) >= 11 is 18.3. The van der Waals surface area contributed by atoms with Gasteiger partial charge in [0.05, 0.1) is 11.6 Å². The van der Waals surface area contributed by atoms with Crippen molar-refractivity contribution in [3.05, 3.63) is 25.6 Å². The Bertz CT molecular complexity index is 419. The second-order valence-electron chi connectivity index (χ2n) is 2.86. The van der Waals surface area contributed by atoms with Crippen LogP contribution in [0.5, 0.6) is 0 Å². The highest BCUT2D eigenvalue weighted by molar-refractivity contribution is 9.11. The lowest BCUT2D eigenvalue weighted by Gasteiger charge is -2.08. The van der Waals surface area contributed by atoms with Crippen molar-refractivity contribution in [2.24, 2.45) is 10.7 Å². The largest absolute Gasteiger partial charge is 0.386 e. The maximum absolute atomic E-state index is 6.00. The fraction of sp³-hybridized carbons (Fsp3) is 0.222. The highest BCUT2D eigenvalue weighted by Crippen LogP contribution is 2.39. The van der Waals surface area contributed by atoms with Crippen molar-refractivity contribution in [1.29, 1.82) is 0 Å². The van der Waals surface area contributed by atoms with Crippen molar-refractivity contribution in [2.75, 3.05) is 5.88 Å². The molecule has 15 heavy (non-hydrogen) atoms. The zero-order valence-corrected chi connectivity index (χ0v) is 12.5. The first-order valence-corrected chi connectivity index (χ1v) is 6.50. The molecule has 0 unspecified atom stereocenters. The molecule has 0 atom stereocenters. The Morgan fingerprint density at radius 3 is 2.67 bits per heavy atom. The first kappa shape index (κ1) is 13.3. The second-order valence-corrected chi connectivity index (χ2v) is 5.19. The summed E-state index contributed by atoms with van der Waals surface area (Å²) in [5.74, 6) is 0.556. The van der Waals surface area contributed by atoms with Crippen LogP contribution in [0.25, 0.3) is 0 Å².